The maximum atomic E-state index is 13.0. The molecule has 0 saturated carbocycles. The summed E-state index contributed by atoms with van der Waals surface area (Å²) in [7, 11) is 3.31. The molecule has 162 valence electrons. The van der Waals surface area contributed by atoms with E-state index in [9.17, 15) is 4.79 Å². The van der Waals surface area contributed by atoms with E-state index in [0.717, 1.165) is 35.5 Å². The van der Waals surface area contributed by atoms with Gasteiger partial charge in [0, 0.05) is 18.5 Å². The predicted molar refractivity (Wildman–Crippen MR) is 121 cm³/mol. The predicted octanol–water partition coefficient (Wildman–Crippen LogP) is 4.25. The highest BCUT2D eigenvalue weighted by Crippen LogP contribution is 2.33. The Morgan fingerprint density at radius 1 is 1.00 bits per heavy atom. The number of ether oxygens (including phenoxy) is 2. The number of nitrogens with one attached hydrogen (secondary N) is 2. The maximum Gasteiger partial charge on any atom is 0.221 e. The molecular weight excluding hydrogens is 400 g/mol. The van der Waals surface area contributed by atoms with Crippen LogP contribution in [0.15, 0.2) is 48.5 Å². The molecule has 2 unspecified atom stereocenters. The fourth-order valence-corrected chi connectivity index (χ4v) is 4.83. The molecule has 0 radical (unpaired) electrons. The number of fused-ring (bicyclic) bond motifs is 2. The van der Waals surface area contributed by atoms with Gasteiger partial charge in [-0.3, -0.25) is 4.79 Å². The third-order valence-corrected chi connectivity index (χ3v) is 6.20. The van der Waals surface area contributed by atoms with Crippen molar-refractivity contribution in [2.45, 2.75) is 50.2 Å². The van der Waals surface area contributed by atoms with Crippen molar-refractivity contribution in [2.24, 2.45) is 5.92 Å². The summed E-state index contributed by atoms with van der Waals surface area (Å²) in [5.41, 5.74) is 1.99. The van der Waals surface area contributed by atoms with Crippen LogP contribution in [-0.4, -0.2) is 32.2 Å². The first kappa shape index (κ1) is 22.4. The zero-order valence-corrected chi connectivity index (χ0v) is 18.4. The first-order valence-electron chi connectivity index (χ1n) is 10.5. The quantitative estimate of drug-likeness (QED) is 0.689. The van der Waals surface area contributed by atoms with Crippen LogP contribution in [0.5, 0.6) is 11.5 Å². The lowest BCUT2D eigenvalue weighted by Crippen LogP contribution is -2.40. The van der Waals surface area contributed by atoms with E-state index in [1.54, 1.807) is 14.2 Å². The van der Waals surface area contributed by atoms with Crippen LogP contribution in [0.4, 0.5) is 0 Å². The molecular formula is C24H31ClN2O3. The molecule has 2 heterocycles. The summed E-state index contributed by atoms with van der Waals surface area (Å²) in [6.45, 7) is 0. The summed E-state index contributed by atoms with van der Waals surface area (Å²) in [5, 5.41) is 6.93. The van der Waals surface area contributed by atoms with Gasteiger partial charge in [-0.1, -0.05) is 24.3 Å². The van der Waals surface area contributed by atoms with Gasteiger partial charge in [-0.25, -0.2) is 0 Å². The summed E-state index contributed by atoms with van der Waals surface area (Å²) in [4.78, 5) is 13.0. The van der Waals surface area contributed by atoms with Crippen LogP contribution < -0.4 is 20.1 Å². The first-order valence-corrected chi connectivity index (χ1v) is 10.5. The zero-order valence-electron chi connectivity index (χ0n) is 17.6. The second-order valence-corrected chi connectivity index (χ2v) is 8.23. The number of halogens is 1. The highest BCUT2D eigenvalue weighted by atomic mass is 35.5. The number of benzene rings is 2. The van der Waals surface area contributed by atoms with E-state index in [4.69, 9.17) is 9.47 Å². The van der Waals surface area contributed by atoms with Gasteiger partial charge in [0.05, 0.1) is 20.3 Å². The topological polar surface area (TPSA) is 59.6 Å². The van der Waals surface area contributed by atoms with Crippen molar-refractivity contribution in [3.05, 3.63) is 59.7 Å². The molecule has 2 aromatic carbocycles. The third-order valence-electron chi connectivity index (χ3n) is 6.20. The van der Waals surface area contributed by atoms with Crippen LogP contribution in [0, 0.1) is 5.92 Å². The smallest absolute Gasteiger partial charge is 0.221 e. The third kappa shape index (κ3) is 5.27. The van der Waals surface area contributed by atoms with E-state index >= 15 is 0 Å². The SMILES string of the molecule is COc1cccc(C(NC(=O)CC2CC3CCC(C2)N3)c2cccc(OC)c2)c1.Cl. The van der Waals surface area contributed by atoms with Crippen molar-refractivity contribution in [1.29, 1.82) is 0 Å². The van der Waals surface area contributed by atoms with E-state index in [-0.39, 0.29) is 24.4 Å². The Hall–Kier alpha value is -2.24. The van der Waals surface area contributed by atoms with Gasteiger partial charge in [0.15, 0.2) is 0 Å². The van der Waals surface area contributed by atoms with Gasteiger partial charge in [-0.2, -0.15) is 0 Å². The van der Waals surface area contributed by atoms with Crippen molar-refractivity contribution in [1.82, 2.24) is 10.6 Å². The Labute approximate surface area is 184 Å². The molecule has 0 aliphatic carbocycles. The first-order chi connectivity index (χ1) is 14.1. The van der Waals surface area contributed by atoms with Crippen molar-refractivity contribution < 1.29 is 14.3 Å². The molecule has 0 aromatic heterocycles. The van der Waals surface area contributed by atoms with Crippen molar-refractivity contribution in [3.63, 3.8) is 0 Å². The van der Waals surface area contributed by atoms with Crippen LogP contribution >= 0.6 is 12.4 Å². The number of amides is 1. The fourth-order valence-electron chi connectivity index (χ4n) is 4.83. The molecule has 2 saturated heterocycles. The van der Waals surface area contributed by atoms with E-state index < -0.39 is 0 Å². The normalized spacial score (nSPS) is 22.3. The minimum atomic E-state index is -0.244. The molecule has 2 atom stereocenters. The van der Waals surface area contributed by atoms with Crippen LogP contribution in [0.2, 0.25) is 0 Å². The Balaban J connectivity index is 0.00000256. The van der Waals surface area contributed by atoms with Gasteiger partial charge in [0.25, 0.3) is 0 Å². The largest absolute Gasteiger partial charge is 0.497 e. The summed E-state index contributed by atoms with van der Waals surface area (Å²) in [5.74, 6) is 2.12. The van der Waals surface area contributed by atoms with Gasteiger partial charge in [-0.15, -0.1) is 12.4 Å². The Bertz CT molecular complexity index is 800. The average Bonchev–Trinajstić information content (AvgIpc) is 3.10. The second-order valence-electron chi connectivity index (χ2n) is 8.23. The summed E-state index contributed by atoms with van der Waals surface area (Å²) in [6, 6.07) is 16.7. The van der Waals surface area contributed by atoms with Gasteiger partial charge in [-0.05, 0) is 67.0 Å². The van der Waals surface area contributed by atoms with Crippen LogP contribution in [-0.2, 0) is 4.79 Å². The number of hydrogen-bond donors (Lipinski definition) is 2. The Morgan fingerprint density at radius 2 is 1.53 bits per heavy atom. The highest BCUT2D eigenvalue weighted by Gasteiger charge is 2.34. The van der Waals surface area contributed by atoms with Gasteiger partial charge >= 0.3 is 0 Å². The lowest BCUT2D eigenvalue weighted by atomic mass is 9.89. The molecule has 4 rings (SSSR count). The minimum absolute atomic E-state index is 0. The van der Waals surface area contributed by atoms with Gasteiger partial charge in [0.1, 0.15) is 11.5 Å². The highest BCUT2D eigenvalue weighted by molar-refractivity contribution is 5.85. The zero-order chi connectivity index (χ0) is 20.2. The summed E-state index contributed by atoms with van der Waals surface area (Å²) in [6.07, 6.45) is 5.29. The summed E-state index contributed by atoms with van der Waals surface area (Å²) >= 11 is 0. The van der Waals surface area contributed by atoms with E-state index in [1.807, 2.05) is 48.5 Å². The molecule has 6 heteroatoms. The molecule has 0 spiro atoms. The number of hydrogen-bond acceptors (Lipinski definition) is 4. The molecule has 2 aliphatic rings. The Kier molecular flexibility index (Phi) is 7.62. The summed E-state index contributed by atoms with van der Waals surface area (Å²) < 4.78 is 10.8. The van der Waals surface area contributed by atoms with E-state index in [0.29, 0.717) is 24.4 Å². The standard InChI is InChI=1S/C24H30N2O3.ClH/c1-28-21-7-3-5-17(14-21)24(18-6-4-8-22(15-18)29-2)26-23(27)13-16-11-19-9-10-20(12-16)25-19;/h3-8,14-16,19-20,24-25H,9-13H2,1-2H3,(H,26,27);1H. The van der Waals surface area contributed by atoms with E-state index in [2.05, 4.69) is 10.6 Å². The Morgan fingerprint density at radius 3 is 2.03 bits per heavy atom. The monoisotopic (exact) mass is 430 g/mol. The molecule has 2 aliphatic heterocycles. The molecule has 2 bridgehead atoms. The molecule has 1 amide bonds. The number of carbonyl (C=O) groups is 1. The van der Waals surface area contributed by atoms with E-state index in [1.165, 1.54) is 12.8 Å². The average molecular weight is 431 g/mol. The van der Waals surface area contributed by atoms with Crippen molar-refractivity contribution >= 4 is 18.3 Å². The van der Waals surface area contributed by atoms with Gasteiger partial charge in [0.2, 0.25) is 5.91 Å². The minimum Gasteiger partial charge on any atom is -0.497 e. The molecule has 2 fully saturated rings. The van der Waals surface area contributed by atoms with Gasteiger partial charge < -0.3 is 20.1 Å². The van der Waals surface area contributed by atoms with Crippen molar-refractivity contribution in [3.8, 4) is 11.5 Å². The molecule has 5 nitrogen and oxygen atoms in total. The number of carbonyl (C=O) groups excluding carboxylic acids is 1. The van der Waals surface area contributed by atoms with Crippen LogP contribution in [0.1, 0.15) is 49.3 Å². The van der Waals surface area contributed by atoms with Crippen LogP contribution in [0.3, 0.4) is 0 Å². The number of piperidine rings is 1. The number of rotatable bonds is 7. The molecule has 2 aromatic rings. The second kappa shape index (κ2) is 10.2. The fraction of sp³-hybridized carbons (Fsp3) is 0.458. The van der Waals surface area contributed by atoms with Crippen molar-refractivity contribution in [2.75, 3.05) is 14.2 Å². The lowest BCUT2D eigenvalue weighted by molar-refractivity contribution is -0.122. The molecule has 2 N–H and O–H groups in total. The molecule has 30 heavy (non-hydrogen) atoms. The lowest BCUT2D eigenvalue weighted by Gasteiger charge is -2.29. The van der Waals surface area contributed by atoms with Crippen LogP contribution in [0.25, 0.3) is 0 Å². The maximum absolute atomic E-state index is 13.0. The number of methoxy groups -OCH3 is 2.